The van der Waals surface area contributed by atoms with Gasteiger partial charge in [-0.2, -0.15) is 0 Å². The van der Waals surface area contributed by atoms with Crippen molar-refractivity contribution >= 4 is 18.0 Å². The third-order valence-corrected chi connectivity index (χ3v) is 6.66. The molecule has 180 valence electrons. The van der Waals surface area contributed by atoms with Gasteiger partial charge in [0.2, 0.25) is 5.91 Å². The number of amides is 2. The fraction of sp³-hybridized carbons (Fsp3) is 0.444. The fourth-order valence-corrected chi connectivity index (χ4v) is 4.57. The Hall–Kier alpha value is -3.35. The van der Waals surface area contributed by atoms with E-state index in [1.54, 1.807) is 0 Å². The lowest BCUT2D eigenvalue weighted by Gasteiger charge is -2.26. The van der Waals surface area contributed by atoms with Gasteiger partial charge in [-0.05, 0) is 54.9 Å². The number of aliphatic carboxylic acids is 1. The fourth-order valence-electron chi connectivity index (χ4n) is 4.57. The Kier molecular flexibility index (Phi) is 6.91. The summed E-state index contributed by atoms with van der Waals surface area (Å²) in [6.45, 7) is 3.86. The first kappa shape index (κ1) is 23.8. The van der Waals surface area contributed by atoms with Gasteiger partial charge in [0.05, 0.1) is 0 Å². The number of ether oxygens (including phenoxy) is 1. The number of carboxylic acid groups (broad SMARTS) is 1. The van der Waals surface area contributed by atoms with Gasteiger partial charge in [0.1, 0.15) is 12.6 Å². The Morgan fingerprint density at radius 3 is 2.18 bits per heavy atom. The molecule has 0 aromatic heterocycles. The summed E-state index contributed by atoms with van der Waals surface area (Å²) < 4.78 is 5.60. The van der Waals surface area contributed by atoms with Crippen LogP contribution < -0.4 is 10.6 Å². The zero-order valence-corrected chi connectivity index (χ0v) is 19.7. The number of hydrogen-bond acceptors (Lipinski definition) is 4. The molecule has 2 aromatic carbocycles. The van der Waals surface area contributed by atoms with Crippen molar-refractivity contribution < 1.29 is 24.2 Å². The van der Waals surface area contributed by atoms with Crippen LogP contribution in [0.3, 0.4) is 0 Å². The van der Waals surface area contributed by atoms with Gasteiger partial charge in [0, 0.05) is 17.9 Å². The van der Waals surface area contributed by atoms with E-state index in [-0.39, 0.29) is 24.9 Å². The molecule has 4 rings (SSSR count). The van der Waals surface area contributed by atoms with Gasteiger partial charge in [0.15, 0.2) is 0 Å². The Balaban J connectivity index is 1.27. The number of carbonyl (C=O) groups is 3. The van der Waals surface area contributed by atoms with Crippen molar-refractivity contribution in [1.82, 2.24) is 10.6 Å². The average molecular weight is 465 g/mol. The highest BCUT2D eigenvalue weighted by Gasteiger charge is 2.32. The van der Waals surface area contributed by atoms with Crippen molar-refractivity contribution in [3.8, 4) is 11.1 Å². The van der Waals surface area contributed by atoms with Gasteiger partial charge in [-0.1, -0.05) is 61.4 Å². The molecule has 0 heterocycles. The first-order chi connectivity index (χ1) is 16.2. The van der Waals surface area contributed by atoms with Crippen LogP contribution >= 0.6 is 0 Å². The molecule has 0 unspecified atom stereocenters. The number of hydrogen-bond donors (Lipinski definition) is 3. The van der Waals surface area contributed by atoms with E-state index in [0.717, 1.165) is 24.0 Å². The largest absolute Gasteiger partial charge is 0.480 e. The highest BCUT2D eigenvalue weighted by atomic mass is 16.5. The van der Waals surface area contributed by atoms with Gasteiger partial charge in [-0.25, -0.2) is 9.59 Å². The molecule has 2 aliphatic carbocycles. The number of rotatable bonds is 10. The van der Waals surface area contributed by atoms with Gasteiger partial charge in [0.25, 0.3) is 0 Å². The maximum Gasteiger partial charge on any atom is 0.407 e. The van der Waals surface area contributed by atoms with Gasteiger partial charge in [-0.15, -0.1) is 0 Å². The van der Waals surface area contributed by atoms with Gasteiger partial charge < -0.3 is 20.5 Å². The topological polar surface area (TPSA) is 105 Å². The monoisotopic (exact) mass is 464 g/mol. The second-order valence-electron chi connectivity index (χ2n) is 9.97. The number of alkyl carbamates (subject to hydrolysis) is 1. The quantitative estimate of drug-likeness (QED) is 0.482. The molecular formula is C27H32N2O5. The van der Waals surface area contributed by atoms with Crippen LogP contribution in [0, 0.1) is 5.92 Å². The van der Waals surface area contributed by atoms with Crippen LogP contribution in [-0.2, 0) is 14.3 Å². The molecule has 34 heavy (non-hydrogen) atoms. The summed E-state index contributed by atoms with van der Waals surface area (Å²) in [5.41, 5.74) is 3.94. The first-order valence-electron chi connectivity index (χ1n) is 11.9. The van der Waals surface area contributed by atoms with E-state index in [1.807, 2.05) is 38.1 Å². The maximum absolute atomic E-state index is 12.6. The van der Waals surface area contributed by atoms with Gasteiger partial charge >= 0.3 is 12.1 Å². The second kappa shape index (κ2) is 9.87. The van der Waals surface area contributed by atoms with Crippen molar-refractivity contribution in [1.29, 1.82) is 0 Å². The zero-order chi connectivity index (χ0) is 24.3. The van der Waals surface area contributed by atoms with Crippen LogP contribution in [0.4, 0.5) is 4.79 Å². The van der Waals surface area contributed by atoms with Crippen LogP contribution in [0.15, 0.2) is 48.5 Å². The molecule has 0 bridgehead atoms. The molecule has 7 nitrogen and oxygen atoms in total. The predicted octanol–water partition coefficient (Wildman–Crippen LogP) is 4.45. The van der Waals surface area contributed by atoms with E-state index in [4.69, 9.17) is 4.74 Å². The lowest BCUT2D eigenvalue weighted by atomic mass is 9.97. The minimum atomic E-state index is -1.00. The highest BCUT2D eigenvalue weighted by Crippen LogP contribution is 2.44. The van der Waals surface area contributed by atoms with Crippen LogP contribution in [0.2, 0.25) is 0 Å². The minimum Gasteiger partial charge on any atom is -0.480 e. The smallest absolute Gasteiger partial charge is 0.407 e. The summed E-state index contributed by atoms with van der Waals surface area (Å²) in [5, 5.41) is 14.8. The van der Waals surface area contributed by atoms with Gasteiger partial charge in [-0.3, -0.25) is 4.79 Å². The summed E-state index contributed by atoms with van der Waals surface area (Å²) in [6, 6.07) is 15.5. The third-order valence-electron chi connectivity index (χ3n) is 6.66. The SMILES string of the molecule is CC(C)(CCC(=O)N[C@@H](CC1CC1)C(=O)O)NC(=O)OCC1c2ccccc2-c2ccccc21. The standard InChI is InChI=1S/C27H32N2O5/c1-27(2,14-13-24(30)28-23(25(31)32)15-17-11-12-17)29-26(33)34-16-22-20-9-5-3-7-18(20)19-8-4-6-10-21(19)22/h3-10,17,22-23H,11-16H2,1-2H3,(H,28,30)(H,29,33)(H,31,32)/t23-/m0/s1. The Morgan fingerprint density at radius 1 is 1.03 bits per heavy atom. The third kappa shape index (κ3) is 5.76. The van der Waals surface area contributed by atoms with Crippen LogP contribution in [0.5, 0.6) is 0 Å². The molecule has 0 spiro atoms. The Labute approximate surface area is 199 Å². The summed E-state index contributed by atoms with van der Waals surface area (Å²) >= 11 is 0. The van der Waals surface area contributed by atoms with Crippen molar-refractivity contribution in [2.75, 3.05) is 6.61 Å². The van der Waals surface area contributed by atoms with Crippen molar-refractivity contribution in [3.63, 3.8) is 0 Å². The normalized spacial score (nSPS) is 15.7. The molecular weight excluding hydrogens is 432 g/mol. The summed E-state index contributed by atoms with van der Waals surface area (Å²) in [6.07, 6.45) is 2.46. The maximum atomic E-state index is 12.6. The van der Waals surface area contributed by atoms with E-state index in [9.17, 15) is 19.5 Å². The molecule has 0 aliphatic heterocycles. The van der Waals surface area contributed by atoms with E-state index in [1.165, 1.54) is 11.1 Å². The van der Waals surface area contributed by atoms with E-state index in [0.29, 0.717) is 18.8 Å². The molecule has 1 atom stereocenters. The first-order valence-corrected chi connectivity index (χ1v) is 11.9. The Bertz CT molecular complexity index is 1030. The molecule has 0 radical (unpaired) electrons. The van der Waals surface area contributed by atoms with E-state index < -0.39 is 23.6 Å². The minimum absolute atomic E-state index is 0.0218. The molecule has 7 heteroatoms. The summed E-state index contributed by atoms with van der Waals surface area (Å²) in [5.74, 6) is -0.953. The van der Waals surface area contributed by atoms with Crippen molar-refractivity contribution in [2.24, 2.45) is 5.92 Å². The van der Waals surface area contributed by atoms with Crippen molar-refractivity contribution in [3.05, 3.63) is 59.7 Å². The summed E-state index contributed by atoms with van der Waals surface area (Å²) in [4.78, 5) is 36.3. The molecule has 0 saturated heterocycles. The zero-order valence-electron chi connectivity index (χ0n) is 19.7. The van der Waals surface area contributed by atoms with E-state index >= 15 is 0 Å². The number of carbonyl (C=O) groups excluding carboxylic acids is 2. The van der Waals surface area contributed by atoms with Crippen molar-refractivity contribution in [2.45, 2.75) is 63.5 Å². The molecule has 1 saturated carbocycles. The second-order valence-corrected chi connectivity index (χ2v) is 9.97. The molecule has 3 N–H and O–H groups in total. The number of carboxylic acids is 1. The number of benzene rings is 2. The summed E-state index contributed by atoms with van der Waals surface area (Å²) in [7, 11) is 0. The lowest BCUT2D eigenvalue weighted by Crippen LogP contribution is -2.46. The molecule has 2 aliphatic rings. The lowest BCUT2D eigenvalue weighted by molar-refractivity contribution is -0.142. The number of fused-ring (bicyclic) bond motifs is 3. The highest BCUT2D eigenvalue weighted by molar-refractivity contribution is 5.83. The molecule has 1 fully saturated rings. The average Bonchev–Trinajstić information content (AvgIpc) is 3.56. The number of nitrogens with one attached hydrogen (secondary N) is 2. The van der Waals surface area contributed by atoms with Crippen LogP contribution in [-0.4, -0.2) is 41.3 Å². The molecule has 2 amide bonds. The Morgan fingerprint density at radius 2 is 1.62 bits per heavy atom. The predicted molar refractivity (Wildman–Crippen MR) is 128 cm³/mol. The van der Waals surface area contributed by atoms with Crippen LogP contribution in [0.25, 0.3) is 11.1 Å². The van der Waals surface area contributed by atoms with Crippen LogP contribution in [0.1, 0.15) is 63.0 Å². The molecule has 2 aromatic rings. The van der Waals surface area contributed by atoms with E-state index in [2.05, 4.69) is 34.9 Å².